The molecule has 1 aromatic heterocycles. The molecule has 9 nitrogen and oxygen atoms in total. The van der Waals surface area contributed by atoms with Gasteiger partial charge >= 0.3 is 6.09 Å². The number of nitrogens with zero attached hydrogens (tertiary/aromatic N) is 1. The summed E-state index contributed by atoms with van der Waals surface area (Å²) in [6.45, 7) is 0.958. The first kappa shape index (κ1) is 23.2. The van der Waals surface area contributed by atoms with Gasteiger partial charge in [0.1, 0.15) is 10.8 Å². The van der Waals surface area contributed by atoms with Gasteiger partial charge in [0.15, 0.2) is 0 Å². The van der Waals surface area contributed by atoms with E-state index in [1.165, 1.54) is 22.8 Å². The standard InChI is InChI=1S/C20H25N3O6S2/c1-28-10-11-29-20(25)22-17-7-2-6-16(13-17)21-19(24)15-5-3-9-23(14-15)31(26,27)18-8-4-12-30-18/h2,4,6-8,12-13,15H,3,5,9-11,14H2,1H3,(H,21,24)(H,22,25). The SMILES string of the molecule is COCCOC(=O)Nc1cccc(NC(=O)C2CCCN(S(=O)(=O)c3cccs3)C2)c1. The van der Waals surface area contributed by atoms with E-state index >= 15 is 0 Å². The molecule has 2 heterocycles. The Hall–Kier alpha value is -2.47. The van der Waals surface area contributed by atoms with Crippen molar-refractivity contribution in [3.05, 3.63) is 41.8 Å². The van der Waals surface area contributed by atoms with Gasteiger partial charge in [-0.15, -0.1) is 11.3 Å². The van der Waals surface area contributed by atoms with Crippen LogP contribution in [0.4, 0.5) is 16.2 Å². The number of hydrogen-bond acceptors (Lipinski definition) is 7. The highest BCUT2D eigenvalue weighted by Crippen LogP contribution is 2.27. The van der Waals surface area contributed by atoms with Gasteiger partial charge in [-0.3, -0.25) is 10.1 Å². The van der Waals surface area contributed by atoms with Crippen molar-refractivity contribution in [1.29, 1.82) is 0 Å². The molecule has 1 aliphatic rings. The van der Waals surface area contributed by atoms with E-state index in [1.54, 1.807) is 41.8 Å². The number of rotatable bonds is 8. The molecule has 1 aliphatic heterocycles. The zero-order valence-electron chi connectivity index (χ0n) is 17.1. The van der Waals surface area contributed by atoms with Gasteiger partial charge in [0.05, 0.1) is 12.5 Å². The molecule has 31 heavy (non-hydrogen) atoms. The van der Waals surface area contributed by atoms with E-state index in [0.29, 0.717) is 37.4 Å². The van der Waals surface area contributed by atoms with Crippen molar-refractivity contribution < 1.29 is 27.5 Å². The lowest BCUT2D eigenvalue weighted by Gasteiger charge is -2.30. The highest BCUT2D eigenvalue weighted by atomic mass is 32.2. The van der Waals surface area contributed by atoms with Crippen molar-refractivity contribution in [3.8, 4) is 0 Å². The number of anilines is 2. The number of carbonyl (C=O) groups excluding carboxylic acids is 2. The topological polar surface area (TPSA) is 114 Å². The normalized spacial score (nSPS) is 17.1. The van der Waals surface area contributed by atoms with Gasteiger partial charge in [-0.2, -0.15) is 4.31 Å². The second-order valence-corrected chi connectivity index (χ2v) is 10.1. The minimum Gasteiger partial charge on any atom is -0.447 e. The fraction of sp³-hybridized carbons (Fsp3) is 0.400. The molecule has 0 radical (unpaired) electrons. The van der Waals surface area contributed by atoms with Crippen molar-refractivity contribution in [2.45, 2.75) is 17.1 Å². The Morgan fingerprint density at radius 2 is 1.94 bits per heavy atom. The molecule has 3 rings (SSSR count). The summed E-state index contributed by atoms with van der Waals surface area (Å²) in [6, 6.07) is 9.93. The lowest BCUT2D eigenvalue weighted by atomic mass is 9.98. The maximum Gasteiger partial charge on any atom is 0.411 e. The smallest absolute Gasteiger partial charge is 0.411 e. The molecule has 1 atom stereocenters. The molecule has 0 saturated carbocycles. The zero-order valence-corrected chi connectivity index (χ0v) is 18.7. The van der Waals surface area contributed by atoms with Gasteiger partial charge in [-0.1, -0.05) is 12.1 Å². The molecule has 2 N–H and O–H groups in total. The minimum absolute atomic E-state index is 0.130. The van der Waals surface area contributed by atoms with Crippen LogP contribution in [0.25, 0.3) is 0 Å². The van der Waals surface area contributed by atoms with Crippen LogP contribution >= 0.6 is 11.3 Å². The average Bonchev–Trinajstić information content (AvgIpc) is 3.30. The van der Waals surface area contributed by atoms with Crippen LogP contribution in [-0.2, 0) is 24.3 Å². The minimum atomic E-state index is -3.59. The largest absolute Gasteiger partial charge is 0.447 e. The van der Waals surface area contributed by atoms with E-state index in [-0.39, 0.29) is 23.3 Å². The van der Waals surface area contributed by atoms with Crippen LogP contribution in [0.1, 0.15) is 12.8 Å². The van der Waals surface area contributed by atoms with E-state index in [1.807, 2.05) is 0 Å². The molecule has 1 fully saturated rings. The number of piperidine rings is 1. The predicted molar refractivity (Wildman–Crippen MR) is 118 cm³/mol. The molecule has 11 heteroatoms. The summed E-state index contributed by atoms with van der Waals surface area (Å²) < 4.78 is 37.0. The third-order valence-electron chi connectivity index (χ3n) is 4.74. The highest BCUT2D eigenvalue weighted by Gasteiger charge is 2.33. The molecule has 0 bridgehead atoms. The summed E-state index contributed by atoms with van der Waals surface area (Å²) in [5.74, 6) is -0.718. The number of hydrogen-bond donors (Lipinski definition) is 2. The van der Waals surface area contributed by atoms with Gasteiger partial charge in [-0.05, 0) is 42.5 Å². The Bertz CT molecular complexity index is 994. The first-order valence-corrected chi connectivity index (χ1v) is 12.1. The molecular weight excluding hydrogens is 442 g/mol. The van der Waals surface area contributed by atoms with Crippen LogP contribution in [0.3, 0.4) is 0 Å². The third kappa shape index (κ3) is 6.26. The van der Waals surface area contributed by atoms with Crippen LogP contribution in [0, 0.1) is 5.92 Å². The van der Waals surface area contributed by atoms with E-state index in [4.69, 9.17) is 9.47 Å². The van der Waals surface area contributed by atoms with E-state index in [9.17, 15) is 18.0 Å². The molecular formula is C20H25N3O6S2. The molecule has 1 saturated heterocycles. The Kier molecular flexibility index (Phi) is 8.02. The Morgan fingerprint density at radius 3 is 2.65 bits per heavy atom. The third-order valence-corrected chi connectivity index (χ3v) is 7.98. The highest BCUT2D eigenvalue weighted by molar-refractivity contribution is 7.91. The van der Waals surface area contributed by atoms with Gasteiger partial charge in [0, 0.05) is 31.6 Å². The number of methoxy groups -OCH3 is 1. The summed E-state index contributed by atoms with van der Waals surface area (Å²) >= 11 is 1.17. The first-order chi connectivity index (χ1) is 14.9. The summed E-state index contributed by atoms with van der Waals surface area (Å²) in [4.78, 5) is 24.5. The molecule has 168 valence electrons. The van der Waals surface area contributed by atoms with Crippen LogP contribution in [0.15, 0.2) is 46.0 Å². The molecule has 1 unspecified atom stereocenters. The quantitative estimate of drug-likeness (QED) is 0.577. The lowest BCUT2D eigenvalue weighted by Crippen LogP contribution is -2.43. The second kappa shape index (κ2) is 10.7. The van der Waals surface area contributed by atoms with E-state index in [0.717, 1.165) is 0 Å². The maximum absolute atomic E-state index is 12.8. The van der Waals surface area contributed by atoms with Gasteiger partial charge in [-0.25, -0.2) is 13.2 Å². The van der Waals surface area contributed by atoms with Crippen LogP contribution in [0.5, 0.6) is 0 Å². The number of benzene rings is 1. The van der Waals surface area contributed by atoms with Crippen LogP contribution < -0.4 is 10.6 Å². The Balaban J connectivity index is 1.59. The summed E-state index contributed by atoms with van der Waals surface area (Å²) in [5, 5.41) is 7.11. The molecule has 0 spiro atoms. The fourth-order valence-corrected chi connectivity index (χ4v) is 5.87. The fourth-order valence-electron chi connectivity index (χ4n) is 3.20. The summed E-state index contributed by atoms with van der Waals surface area (Å²) in [6.07, 6.45) is 0.589. The molecule has 2 amide bonds. The van der Waals surface area contributed by atoms with Gasteiger partial charge in [0.2, 0.25) is 5.91 Å². The van der Waals surface area contributed by atoms with Crippen molar-refractivity contribution >= 4 is 44.7 Å². The number of carbonyl (C=O) groups is 2. The monoisotopic (exact) mass is 467 g/mol. The predicted octanol–water partition coefficient (Wildman–Crippen LogP) is 2.98. The number of ether oxygens (including phenoxy) is 2. The Morgan fingerprint density at radius 1 is 1.16 bits per heavy atom. The molecule has 0 aliphatic carbocycles. The van der Waals surface area contributed by atoms with Gasteiger partial charge < -0.3 is 14.8 Å². The first-order valence-electron chi connectivity index (χ1n) is 9.77. The Labute approximate surface area is 185 Å². The molecule has 1 aromatic carbocycles. The van der Waals surface area contributed by atoms with Crippen molar-refractivity contribution in [1.82, 2.24) is 4.31 Å². The number of nitrogens with one attached hydrogen (secondary N) is 2. The molecule has 2 aromatic rings. The lowest BCUT2D eigenvalue weighted by molar-refractivity contribution is -0.120. The summed E-state index contributed by atoms with van der Waals surface area (Å²) in [7, 11) is -2.08. The summed E-state index contributed by atoms with van der Waals surface area (Å²) in [5.41, 5.74) is 0.962. The number of thiophene rings is 1. The number of amides is 2. The average molecular weight is 468 g/mol. The van der Waals surface area contributed by atoms with Crippen molar-refractivity contribution in [3.63, 3.8) is 0 Å². The van der Waals surface area contributed by atoms with Crippen LogP contribution in [-0.4, -0.2) is 58.1 Å². The number of sulfonamides is 1. The maximum atomic E-state index is 12.8. The van der Waals surface area contributed by atoms with Gasteiger partial charge in [0.25, 0.3) is 10.0 Å². The van der Waals surface area contributed by atoms with Crippen molar-refractivity contribution in [2.75, 3.05) is 44.0 Å². The van der Waals surface area contributed by atoms with E-state index < -0.39 is 22.0 Å². The van der Waals surface area contributed by atoms with Crippen LogP contribution in [0.2, 0.25) is 0 Å². The second-order valence-electron chi connectivity index (χ2n) is 6.96. The zero-order chi connectivity index (χ0) is 22.3. The van der Waals surface area contributed by atoms with E-state index in [2.05, 4.69) is 10.6 Å². The van der Waals surface area contributed by atoms with Crippen molar-refractivity contribution in [2.24, 2.45) is 5.92 Å².